The summed E-state index contributed by atoms with van der Waals surface area (Å²) in [7, 11) is 0. The zero-order valence-electron chi connectivity index (χ0n) is 12.7. The Morgan fingerprint density at radius 3 is 2.77 bits per heavy atom. The number of amides is 1. The average molecular weight is 316 g/mol. The molecule has 6 heteroatoms. The van der Waals surface area contributed by atoms with Crippen LogP contribution in [0.1, 0.15) is 48.6 Å². The molecule has 1 saturated carbocycles. The van der Waals surface area contributed by atoms with Crippen molar-refractivity contribution in [2.45, 2.75) is 44.9 Å². The summed E-state index contributed by atoms with van der Waals surface area (Å²) in [6, 6.07) is 3.89. The zero-order chi connectivity index (χ0) is 15.4. The molecular formula is C16H20N4OS. The van der Waals surface area contributed by atoms with Gasteiger partial charge in [-0.05, 0) is 37.3 Å². The van der Waals surface area contributed by atoms with Crippen LogP contribution in [0.3, 0.4) is 0 Å². The Morgan fingerprint density at radius 2 is 2.14 bits per heavy atom. The van der Waals surface area contributed by atoms with E-state index in [4.69, 9.17) is 0 Å². The Labute approximate surface area is 134 Å². The van der Waals surface area contributed by atoms with E-state index in [0.29, 0.717) is 11.0 Å². The van der Waals surface area contributed by atoms with Crippen molar-refractivity contribution in [3.63, 3.8) is 0 Å². The fraction of sp³-hybridized carbons (Fsp3) is 0.500. The second-order valence-corrected chi connectivity index (χ2v) is 6.96. The zero-order valence-corrected chi connectivity index (χ0v) is 13.5. The second-order valence-electron chi connectivity index (χ2n) is 5.78. The van der Waals surface area contributed by atoms with Gasteiger partial charge in [-0.2, -0.15) is 0 Å². The molecule has 1 N–H and O–H groups in total. The van der Waals surface area contributed by atoms with Crippen LogP contribution >= 0.6 is 11.3 Å². The van der Waals surface area contributed by atoms with E-state index in [-0.39, 0.29) is 11.8 Å². The van der Waals surface area contributed by atoms with Gasteiger partial charge < -0.3 is 0 Å². The predicted octanol–water partition coefficient (Wildman–Crippen LogP) is 3.54. The van der Waals surface area contributed by atoms with Crippen molar-refractivity contribution in [3.05, 3.63) is 35.1 Å². The number of aryl methyl sites for hydroxylation is 1. The molecule has 0 spiro atoms. The fourth-order valence-corrected chi connectivity index (χ4v) is 3.79. The molecule has 2 heterocycles. The lowest BCUT2D eigenvalue weighted by Crippen LogP contribution is -2.29. The van der Waals surface area contributed by atoms with Crippen LogP contribution in [0.5, 0.6) is 0 Å². The maximum Gasteiger partial charge on any atom is 0.234 e. The molecule has 0 aromatic carbocycles. The third-order valence-corrected chi connectivity index (χ3v) is 4.96. The molecule has 116 valence electrons. The minimum atomic E-state index is -0.154. The molecule has 2 aromatic heterocycles. The molecule has 1 aliphatic rings. The van der Waals surface area contributed by atoms with Gasteiger partial charge in [-0.1, -0.05) is 36.7 Å². The van der Waals surface area contributed by atoms with Gasteiger partial charge in [0.05, 0.1) is 5.92 Å². The Morgan fingerprint density at radius 1 is 1.32 bits per heavy atom. The van der Waals surface area contributed by atoms with Gasteiger partial charge >= 0.3 is 0 Å². The number of pyridine rings is 1. The molecule has 0 unspecified atom stereocenters. The third kappa shape index (κ3) is 3.50. The van der Waals surface area contributed by atoms with Crippen LogP contribution in [-0.4, -0.2) is 21.1 Å². The first kappa shape index (κ1) is 15.1. The molecule has 0 bridgehead atoms. The summed E-state index contributed by atoms with van der Waals surface area (Å²) >= 11 is 1.41. The number of nitrogens with one attached hydrogen (secondary N) is 1. The van der Waals surface area contributed by atoms with Gasteiger partial charge in [0.1, 0.15) is 5.01 Å². The average Bonchev–Trinajstić information content (AvgIpc) is 2.95. The van der Waals surface area contributed by atoms with Crippen LogP contribution in [0.2, 0.25) is 0 Å². The molecule has 1 fully saturated rings. The lowest BCUT2D eigenvalue weighted by atomic mass is 9.76. The van der Waals surface area contributed by atoms with Gasteiger partial charge in [0.15, 0.2) is 0 Å². The van der Waals surface area contributed by atoms with Crippen molar-refractivity contribution in [3.8, 4) is 0 Å². The lowest BCUT2D eigenvalue weighted by Gasteiger charge is -2.29. The molecule has 1 amide bonds. The first-order valence-corrected chi connectivity index (χ1v) is 8.56. The van der Waals surface area contributed by atoms with Crippen LogP contribution in [0.25, 0.3) is 0 Å². The number of hydrogen-bond acceptors (Lipinski definition) is 5. The maximum atomic E-state index is 12.8. The van der Waals surface area contributed by atoms with Crippen LogP contribution in [0.4, 0.5) is 5.13 Å². The van der Waals surface area contributed by atoms with E-state index in [1.807, 2.05) is 25.3 Å². The number of aromatic nitrogens is 3. The standard InChI is InChI=1S/C16H20N4OS/c1-11-19-20-16(22-11)18-15(21)14(12-6-3-2-4-7-12)13-8-5-9-17-10-13/h5,8-10,12,14H,2-4,6-7H2,1H3,(H,18,20,21)/t14-/m1/s1. The van der Waals surface area contributed by atoms with Crippen LogP contribution in [0.15, 0.2) is 24.5 Å². The molecule has 3 rings (SSSR count). The van der Waals surface area contributed by atoms with Crippen LogP contribution in [-0.2, 0) is 4.79 Å². The lowest BCUT2D eigenvalue weighted by molar-refractivity contribution is -0.119. The number of carbonyl (C=O) groups excluding carboxylic acids is 1. The number of rotatable bonds is 4. The number of carbonyl (C=O) groups is 1. The second kappa shape index (κ2) is 6.96. The smallest absolute Gasteiger partial charge is 0.234 e. The van der Waals surface area contributed by atoms with E-state index in [0.717, 1.165) is 23.4 Å². The van der Waals surface area contributed by atoms with Crippen molar-refractivity contribution in [1.82, 2.24) is 15.2 Å². The summed E-state index contributed by atoms with van der Waals surface area (Å²) < 4.78 is 0. The topological polar surface area (TPSA) is 67.8 Å². The molecule has 1 atom stereocenters. The van der Waals surface area contributed by atoms with Crippen molar-refractivity contribution >= 4 is 22.4 Å². The maximum absolute atomic E-state index is 12.8. The summed E-state index contributed by atoms with van der Waals surface area (Å²) in [5.74, 6) is 0.237. The van der Waals surface area contributed by atoms with Gasteiger partial charge in [-0.15, -0.1) is 10.2 Å². The number of anilines is 1. The Kier molecular flexibility index (Phi) is 4.77. The number of hydrogen-bond donors (Lipinski definition) is 1. The van der Waals surface area contributed by atoms with Gasteiger partial charge in [-0.25, -0.2) is 0 Å². The highest BCUT2D eigenvalue weighted by Gasteiger charge is 2.31. The SMILES string of the molecule is Cc1nnc(NC(=O)[C@@H](c2cccnc2)C2CCCCC2)s1. The largest absolute Gasteiger partial charge is 0.300 e. The molecule has 1 aliphatic carbocycles. The fourth-order valence-electron chi connectivity index (χ4n) is 3.20. The molecule has 2 aromatic rings. The summed E-state index contributed by atoms with van der Waals surface area (Å²) in [4.78, 5) is 17.0. The van der Waals surface area contributed by atoms with E-state index < -0.39 is 0 Å². The molecule has 5 nitrogen and oxygen atoms in total. The van der Waals surface area contributed by atoms with E-state index in [9.17, 15) is 4.79 Å². The van der Waals surface area contributed by atoms with Crippen molar-refractivity contribution in [1.29, 1.82) is 0 Å². The van der Waals surface area contributed by atoms with Crippen LogP contribution in [0, 0.1) is 12.8 Å². The summed E-state index contributed by atoms with van der Waals surface area (Å²) in [5, 5.41) is 12.3. The van der Waals surface area contributed by atoms with E-state index in [2.05, 4.69) is 20.5 Å². The molecule has 0 saturated heterocycles. The normalized spacial score (nSPS) is 17.1. The summed E-state index contributed by atoms with van der Waals surface area (Å²) in [6.07, 6.45) is 9.43. The van der Waals surface area contributed by atoms with Gasteiger partial charge in [0, 0.05) is 12.4 Å². The highest BCUT2D eigenvalue weighted by molar-refractivity contribution is 7.15. The Bertz CT molecular complexity index is 622. The highest BCUT2D eigenvalue weighted by Crippen LogP contribution is 2.36. The van der Waals surface area contributed by atoms with E-state index >= 15 is 0 Å². The first-order valence-electron chi connectivity index (χ1n) is 7.75. The van der Waals surface area contributed by atoms with Crippen molar-refractivity contribution in [2.24, 2.45) is 5.92 Å². The van der Waals surface area contributed by atoms with E-state index in [1.165, 1.54) is 30.6 Å². The quantitative estimate of drug-likeness (QED) is 0.936. The van der Waals surface area contributed by atoms with Gasteiger partial charge in [-0.3, -0.25) is 15.1 Å². The molecule has 0 radical (unpaired) electrons. The highest BCUT2D eigenvalue weighted by atomic mass is 32.1. The Hall–Kier alpha value is -1.82. The molecule has 22 heavy (non-hydrogen) atoms. The predicted molar refractivity (Wildman–Crippen MR) is 86.8 cm³/mol. The van der Waals surface area contributed by atoms with Crippen molar-refractivity contribution < 1.29 is 4.79 Å². The van der Waals surface area contributed by atoms with Gasteiger partial charge in [0.2, 0.25) is 11.0 Å². The Balaban J connectivity index is 1.82. The third-order valence-electron chi connectivity index (χ3n) is 4.20. The minimum Gasteiger partial charge on any atom is -0.300 e. The molecular weight excluding hydrogens is 296 g/mol. The summed E-state index contributed by atoms with van der Waals surface area (Å²) in [6.45, 7) is 1.88. The van der Waals surface area contributed by atoms with Crippen LogP contribution < -0.4 is 5.32 Å². The minimum absolute atomic E-state index is 0.0102. The molecule has 0 aliphatic heterocycles. The summed E-state index contributed by atoms with van der Waals surface area (Å²) in [5.41, 5.74) is 0.994. The van der Waals surface area contributed by atoms with Gasteiger partial charge in [0.25, 0.3) is 0 Å². The van der Waals surface area contributed by atoms with E-state index in [1.54, 1.807) is 6.20 Å². The van der Waals surface area contributed by atoms with Crippen molar-refractivity contribution in [2.75, 3.05) is 5.32 Å². The first-order chi connectivity index (χ1) is 10.7. The number of nitrogens with zero attached hydrogens (tertiary/aromatic N) is 3. The monoisotopic (exact) mass is 316 g/mol.